The van der Waals surface area contributed by atoms with E-state index >= 15 is 0 Å². The summed E-state index contributed by atoms with van der Waals surface area (Å²) in [5.41, 5.74) is 0. The van der Waals surface area contributed by atoms with Crippen LogP contribution in [0, 0.1) is 0 Å². The summed E-state index contributed by atoms with van der Waals surface area (Å²) in [5, 5.41) is 0. The van der Waals surface area contributed by atoms with Crippen molar-refractivity contribution in [3.63, 3.8) is 0 Å². The van der Waals surface area contributed by atoms with Crippen molar-refractivity contribution in [3.8, 4) is 0 Å². The summed E-state index contributed by atoms with van der Waals surface area (Å²) >= 11 is 3.45. The van der Waals surface area contributed by atoms with Crippen molar-refractivity contribution in [1.29, 1.82) is 0 Å². The van der Waals surface area contributed by atoms with Gasteiger partial charge in [0, 0.05) is 13.7 Å². The summed E-state index contributed by atoms with van der Waals surface area (Å²) in [6.07, 6.45) is 5.71. The van der Waals surface area contributed by atoms with E-state index in [1.807, 2.05) is 4.90 Å². The Morgan fingerprint density at radius 1 is 1.33 bits per heavy atom. The van der Waals surface area contributed by atoms with E-state index in [-0.39, 0.29) is 16.8 Å². The van der Waals surface area contributed by atoms with Gasteiger partial charge >= 0.3 is 0 Å². The van der Waals surface area contributed by atoms with Crippen molar-refractivity contribution >= 4 is 21.8 Å². The lowest BCUT2D eigenvalue weighted by atomic mass is 10.1. The monoisotopic (exact) mass is 275 g/mol. The summed E-state index contributed by atoms with van der Waals surface area (Å²) < 4.78 is 5.45. The number of piperidine rings is 1. The van der Waals surface area contributed by atoms with Crippen LogP contribution in [0.25, 0.3) is 0 Å². The van der Waals surface area contributed by atoms with E-state index in [1.165, 1.54) is 6.42 Å². The van der Waals surface area contributed by atoms with Gasteiger partial charge in [-0.25, -0.2) is 0 Å². The molecule has 0 aromatic heterocycles. The molecule has 0 aromatic rings. The molecular weight excluding hydrogens is 258 g/mol. The number of methoxy groups -OCH3 is 1. The van der Waals surface area contributed by atoms with Crippen LogP contribution in [0.5, 0.6) is 0 Å². The Morgan fingerprint density at radius 2 is 2.13 bits per heavy atom. The number of hydrogen-bond donors (Lipinski definition) is 0. The molecule has 0 radical (unpaired) electrons. The van der Waals surface area contributed by atoms with Gasteiger partial charge in [-0.3, -0.25) is 4.79 Å². The lowest BCUT2D eigenvalue weighted by Gasteiger charge is -2.37. The van der Waals surface area contributed by atoms with Crippen molar-refractivity contribution < 1.29 is 9.53 Å². The van der Waals surface area contributed by atoms with E-state index in [0.717, 1.165) is 32.2 Å². The Kier molecular flexibility index (Phi) is 3.67. The minimum atomic E-state index is 0.0318. The van der Waals surface area contributed by atoms with E-state index in [1.54, 1.807) is 7.11 Å². The zero-order chi connectivity index (χ0) is 10.8. The fraction of sp³-hybridized carbons (Fsp3) is 0.909. The molecule has 0 spiro atoms. The Bertz CT molecular complexity index is 247. The van der Waals surface area contributed by atoms with Crippen LogP contribution in [-0.2, 0) is 9.53 Å². The first-order valence-corrected chi connectivity index (χ1v) is 6.63. The number of halogens is 1. The third-order valence-electron chi connectivity index (χ3n) is 3.53. The second-order valence-electron chi connectivity index (χ2n) is 4.41. The molecule has 15 heavy (non-hydrogen) atoms. The molecule has 2 rings (SSSR count). The van der Waals surface area contributed by atoms with Crippen LogP contribution in [0.2, 0.25) is 0 Å². The number of amides is 1. The van der Waals surface area contributed by atoms with Gasteiger partial charge in [-0.15, -0.1) is 0 Å². The summed E-state index contributed by atoms with van der Waals surface area (Å²) in [6, 6.07) is 0.322. The number of alkyl halides is 1. The number of hydrogen-bond acceptors (Lipinski definition) is 2. The molecule has 3 unspecified atom stereocenters. The highest BCUT2D eigenvalue weighted by Crippen LogP contribution is 2.30. The molecule has 1 saturated heterocycles. The Labute approximate surface area is 99.3 Å². The average molecular weight is 276 g/mol. The molecule has 3 nitrogen and oxygen atoms in total. The zero-order valence-electron chi connectivity index (χ0n) is 9.12. The molecule has 1 heterocycles. The van der Waals surface area contributed by atoms with Crippen LogP contribution >= 0.6 is 15.9 Å². The summed E-state index contributed by atoms with van der Waals surface area (Å²) in [7, 11) is 1.75. The molecule has 3 atom stereocenters. The maximum Gasteiger partial charge on any atom is 0.236 e. The van der Waals surface area contributed by atoms with Crippen molar-refractivity contribution in [2.75, 3.05) is 13.7 Å². The molecule has 4 heteroatoms. The molecule has 1 aliphatic carbocycles. The number of carbonyl (C=O) groups is 1. The van der Waals surface area contributed by atoms with Gasteiger partial charge in [0.2, 0.25) is 5.91 Å². The molecule has 0 N–H and O–H groups in total. The van der Waals surface area contributed by atoms with Gasteiger partial charge in [0.05, 0.1) is 17.0 Å². The first-order chi connectivity index (χ1) is 7.24. The van der Waals surface area contributed by atoms with Gasteiger partial charge in [0.1, 0.15) is 0 Å². The Morgan fingerprint density at radius 3 is 2.87 bits per heavy atom. The fourth-order valence-electron chi connectivity index (χ4n) is 2.72. The third kappa shape index (κ3) is 2.21. The van der Waals surface area contributed by atoms with Crippen LogP contribution in [0.3, 0.4) is 0 Å². The second-order valence-corrected chi connectivity index (χ2v) is 5.52. The van der Waals surface area contributed by atoms with Gasteiger partial charge in [-0.05, 0) is 32.1 Å². The maximum atomic E-state index is 12.0. The summed E-state index contributed by atoms with van der Waals surface area (Å²) in [4.78, 5) is 14.1. The summed E-state index contributed by atoms with van der Waals surface area (Å²) in [6.45, 7) is 0.908. The lowest BCUT2D eigenvalue weighted by Crippen LogP contribution is -2.50. The van der Waals surface area contributed by atoms with Crippen molar-refractivity contribution in [3.05, 3.63) is 0 Å². The number of rotatable bonds is 2. The van der Waals surface area contributed by atoms with E-state index in [0.29, 0.717) is 6.04 Å². The quantitative estimate of drug-likeness (QED) is 0.721. The predicted octanol–water partition coefficient (Wildman–Crippen LogP) is 1.94. The Balaban J connectivity index is 2.05. The summed E-state index contributed by atoms with van der Waals surface area (Å²) in [5.74, 6) is 0.259. The minimum Gasteiger partial charge on any atom is -0.379 e. The van der Waals surface area contributed by atoms with Gasteiger partial charge in [-0.2, -0.15) is 0 Å². The van der Waals surface area contributed by atoms with Gasteiger partial charge in [0.25, 0.3) is 0 Å². The molecule has 1 aliphatic heterocycles. The lowest BCUT2D eigenvalue weighted by molar-refractivity contribution is -0.137. The van der Waals surface area contributed by atoms with Crippen molar-refractivity contribution in [2.45, 2.75) is 49.1 Å². The smallest absolute Gasteiger partial charge is 0.236 e. The second kappa shape index (κ2) is 4.83. The minimum absolute atomic E-state index is 0.0318. The van der Waals surface area contributed by atoms with E-state index < -0.39 is 0 Å². The van der Waals surface area contributed by atoms with Crippen molar-refractivity contribution in [1.82, 2.24) is 4.90 Å². The van der Waals surface area contributed by atoms with Crippen LogP contribution in [0.4, 0.5) is 0 Å². The van der Waals surface area contributed by atoms with Gasteiger partial charge in [-0.1, -0.05) is 15.9 Å². The third-order valence-corrected chi connectivity index (χ3v) is 4.38. The highest BCUT2D eigenvalue weighted by atomic mass is 79.9. The van der Waals surface area contributed by atoms with Gasteiger partial charge in [0.15, 0.2) is 0 Å². The number of likely N-dealkylation sites (tertiary alicyclic amines) is 1. The number of ether oxygens (including phenoxy) is 1. The van der Waals surface area contributed by atoms with E-state index in [9.17, 15) is 4.79 Å². The number of nitrogens with zero attached hydrogens (tertiary/aromatic N) is 1. The molecule has 86 valence electrons. The van der Waals surface area contributed by atoms with Crippen LogP contribution in [0.15, 0.2) is 0 Å². The maximum absolute atomic E-state index is 12.0. The highest BCUT2D eigenvalue weighted by molar-refractivity contribution is 9.10. The topological polar surface area (TPSA) is 29.5 Å². The van der Waals surface area contributed by atoms with Crippen LogP contribution in [-0.4, -0.2) is 41.4 Å². The van der Waals surface area contributed by atoms with E-state index in [4.69, 9.17) is 4.74 Å². The predicted molar refractivity (Wildman–Crippen MR) is 62.1 cm³/mol. The highest BCUT2D eigenvalue weighted by Gasteiger charge is 2.38. The first-order valence-electron chi connectivity index (χ1n) is 5.71. The standard InChI is InChI=1S/C11H18BrNO2/c1-15-10-6-2-5-9(10)13-7-3-4-8(12)11(13)14/h8-10H,2-7H2,1H3. The van der Waals surface area contributed by atoms with Crippen molar-refractivity contribution in [2.24, 2.45) is 0 Å². The molecule has 1 saturated carbocycles. The average Bonchev–Trinajstić information content (AvgIpc) is 2.70. The molecule has 1 amide bonds. The fourth-order valence-corrected chi connectivity index (χ4v) is 3.31. The molecule has 2 fully saturated rings. The van der Waals surface area contributed by atoms with Crippen LogP contribution < -0.4 is 0 Å². The van der Waals surface area contributed by atoms with E-state index in [2.05, 4.69) is 15.9 Å². The SMILES string of the molecule is COC1CCCC1N1CCCC(Br)C1=O. The molecular formula is C11H18BrNO2. The normalized spacial score (nSPS) is 37.3. The molecule has 0 aromatic carbocycles. The zero-order valence-corrected chi connectivity index (χ0v) is 10.7. The van der Waals surface area contributed by atoms with Gasteiger partial charge < -0.3 is 9.64 Å². The molecule has 2 aliphatic rings. The Hall–Kier alpha value is -0.0900. The number of carbonyl (C=O) groups excluding carboxylic acids is 1. The van der Waals surface area contributed by atoms with Crippen LogP contribution in [0.1, 0.15) is 32.1 Å². The first kappa shape index (κ1) is 11.4. The molecule has 0 bridgehead atoms. The largest absolute Gasteiger partial charge is 0.379 e.